The zero-order valence-corrected chi connectivity index (χ0v) is 11.5. The second-order valence-electron chi connectivity index (χ2n) is 5.15. The molecule has 0 aromatic heterocycles. The summed E-state index contributed by atoms with van der Waals surface area (Å²) in [5, 5.41) is 0. The van der Waals surface area contributed by atoms with Crippen LogP contribution in [0.5, 0.6) is 0 Å². The van der Waals surface area contributed by atoms with Gasteiger partial charge in [-0.1, -0.05) is 12.1 Å². The molecule has 2 aliphatic rings. The molecule has 2 fully saturated rings. The maximum absolute atomic E-state index is 11.6. The fourth-order valence-electron chi connectivity index (χ4n) is 3.20. The number of hydrogen-bond donors (Lipinski definition) is 0. The first-order valence-electron chi connectivity index (χ1n) is 6.22. The molecule has 0 spiro atoms. The number of carbonyl (C=O) groups excluding carboxylic acids is 1. The molecule has 2 unspecified atom stereocenters. The van der Waals surface area contributed by atoms with Gasteiger partial charge in [0, 0.05) is 29.4 Å². The molecule has 90 valence electrons. The minimum absolute atomic E-state index is 0.430. The van der Waals surface area contributed by atoms with E-state index in [0.717, 1.165) is 25.7 Å². The van der Waals surface area contributed by atoms with Gasteiger partial charge in [-0.15, -0.1) is 0 Å². The van der Waals surface area contributed by atoms with E-state index in [2.05, 4.69) is 46.0 Å². The maximum atomic E-state index is 11.6. The number of benzene rings is 1. The Bertz CT molecular complexity index is 455. The van der Waals surface area contributed by atoms with Gasteiger partial charge in [-0.2, -0.15) is 0 Å². The average Bonchev–Trinajstić information content (AvgIpc) is 2.55. The molecule has 2 heterocycles. The molecule has 2 nitrogen and oxygen atoms in total. The van der Waals surface area contributed by atoms with Crippen LogP contribution < -0.4 is 4.90 Å². The standard InChI is InChI=1S/C14H16BrNO/c1-9-3-2-4-13(14(9)15)16-10-5-6-11(16)8-12(17)7-10/h2-4,10-11H,5-8H2,1H3. The molecule has 2 aliphatic heterocycles. The van der Waals surface area contributed by atoms with E-state index in [1.54, 1.807) is 0 Å². The number of aryl methyl sites for hydroxylation is 1. The summed E-state index contributed by atoms with van der Waals surface area (Å²) in [6.45, 7) is 2.12. The van der Waals surface area contributed by atoms with E-state index in [-0.39, 0.29) is 0 Å². The first-order chi connectivity index (χ1) is 8.16. The summed E-state index contributed by atoms with van der Waals surface area (Å²) in [5.41, 5.74) is 2.53. The molecule has 1 aromatic rings. The summed E-state index contributed by atoms with van der Waals surface area (Å²) >= 11 is 3.69. The lowest BCUT2D eigenvalue weighted by molar-refractivity contribution is -0.120. The Labute approximate surface area is 110 Å². The average molecular weight is 294 g/mol. The predicted octanol–water partition coefficient (Wildman–Crippen LogP) is 3.46. The molecule has 2 atom stereocenters. The number of nitrogens with zero attached hydrogens (tertiary/aromatic N) is 1. The molecule has 0 saturated carbocycles. The molecule has 2 saturated heterocycles. The summed E-state index contributed by atoms with van der Waals surface area (Å²) in [4.78, 5) is 14.1. The van der Waals surface area contributed by atoms with Crippen LogP contribution in [0.2, 0.25) is 0 Å². The highest BCUT2D eigenvalue weighted by Gasteiger charge is 2.40. The number of fused-ring (bicyclic) bond motifs is 2. The molecule has 17 heavy (non-hydrogen) atoms. The van der Waals surface area contributed by atoms with E-state index in [1.807, 2.05) is 0 Å². The molecule has 2 bridgehead atoms. The van der Waals surface area contributed by atoms with E-state index < -0.39 is 0 Å². The molecule has 0 aliphatic carbocycles. The van der Waals surface area contributed by atoms with Crippen molar-refractivity contribution < 1.29 is 4.79 Å². The van der Waals surface area contributed by atoms with E-state index in [1.165, 1.54) is 15.7 Å². The largest absolute Gasteiger partial charge is 0.364 e. The minimum atomic E-state index is 0.430. The van der Waals surface area contributed by atoms with Crippen molar-refractivity contribution in [1.82, 2.24) is 0 Å². The summed E-state index contributed by atoms with van der Waals surface area (Å²) in [5.74, 6) is 0.442. The number of piperidine rings is 1. The SMILES string of the molecule is Cc1cccc(N2C3CCC2CC(=O)C3)c1Br. The Morgan fingerprint density at radius 1 is 1.24 bits per heavy atom. The van der Waals surface area contributed by atoms with Crippen LogP contribution in [-0.2, 0) is 4.79 Å². The van der Waals surface area contributed by atoms with Crippen molar-refractivity contribution in [2.45, 2.75) is 44.7 Å². The van der Waals surface area contributed by atoms with E-state index >= 15 is 0 Å². The number of hydrogen-bond acceptors (Lipinski definition) is 2. The number of Topliss-reactive ketones (excluding diaryl/α,β-unsaturated/α-hetero) is 1. The molecule has 0 radical (unpaired) electrons. The van der Waals surface area contributed by atoms with Gasteiger partial charge in [-0.05, 0) is 47.3 Å². The van der Waals surface area contributed by atoms with Crippen molar-refractivity contribution >= 4 is 27.4 Å². The minimum Gasteiger partial charge on any atom is -0.364 e. The fourth-order valence-corrected chi connectivity index (χ4v) is 3.66. The van der Waals surface area contributed by atoms with Gasteiger partial charge in [0.25, 0.3) is 0 Å². The topological polar surface area (TPSA) is 20.3 Å². The van der Waals surface area contributed by atoms with Crippen molar-refractivity contribution in [1.29, 1.82) is 0 Å². The quantitative estimate of drug-likeness (QED) is 0.790. The van der Waals surface area contributed by atoms with E-state index in [9.17, 15) is 4.79 Å². The Balaban J connectivity index is 2.00. The van der Waals surface area contributed by atoms with Crippen molar-refractivity contribution in [3.8, 4) is 0 Å². The Hall–Kier alpha value is -0.830. The fraction of sp³-hybridized carbons (Fsp3) is 0.500. The molecule has 3 rings (SSSR count). The van der Waals surface area contributed by atoms with Crippen LogP contribution in [0.15, 0.2) is 22.7 Å². The lowest BCUT2D eigenvalue weighted by atomic mass is 10.00. The number of ketones is 1. The highest BCUT2D eigenvalue weighted by atomic mass is 79.9. The highest BCUT2D eigenvalue weighted by molar-refractivity contribution is 9.10. The summed E-state index contributed by atoms with van der Waals surface area (Å²) < 4.78 is 1.19. The molecule has 1 aromatic carbocycles. The van der Waals surface area contributed by atoms with Crippen molar-refractivity contribution in [3.63, 3.8) is 0 Å². The monoisotopic (exact) mass is 293 g/mol. The van der Waals surface area contributed by atoms with Gasteiger partial charge < -0.3 is 4.90 Å². The third kappa shape index (κ3) is 1.81. The van der Waals surface area contributed by atoms with Crippen molar-refractivity contribution in [2.75, 3.05) is 4.90 Å². The van der Waals surface area contributed by atoms with Crippen LogP contribution >= 0.6 is 15.9 Å². The lowest BCUT2D eigenvalue weighted by Crippen LogP contribution is -2.43. The van der Waals surface area contributed by atoms with Crippen LogP contribution in [0, 0.1) is 6.92 Å². The van der Waals surface area contributed by atoms with Crippen LogP contribution in [0.3, 0.4) is 0 Å². The van der Waals surface area contributed by atoms with Gasteiger partial charge in [-0.25, -0.2) is 0 Å². The van der Waals surface area contributed by atoms with Gasteiger partial charge in [-0.3, -0.25) is 4.79 Å². The van der Waals surface area contributed by atoms with E-state index in [0.29, 0.717) is 17.9 Å². The predicted molar refractivity (Wildman–Crippen MR) is 72.4 cm³/mol. The van der Waals surface area contributed by atoms with Gasteiger partial charge in [0.1, 0.15) is 5.78 Å². The third-order valence-corrected chi connectivity index (χ3v) is 5.03. The molecular weight excluding hydrogens is 278 g/mol. The van der Waals surface area contributed by atoms with Crippen LogP contribution in [0.25, 0.3) is 0 Å². The van der Waals surface area contributed by atoms with Gasteiger partial charge in [0.2, 0.25) is 0 Å². The number of carbonyl (C=O) groups is 1. The lowest BCUT2D eigenvalue weighted by Gasteiger charge is -2.37. The summed E-state index contributed by atoms with van der Waals surface area (Å²) in [6, 6.07) is 7.24. The van der Waals surface area contributed by atoms with Crippen molar-refractivity contribution in [2.24, 2.45) is 0 Å². The normalized spacial score (nSPS) is 27.6. The first-order valence-corrected chi connectivity index (χ1v) is 7.01. The first kappa shape index (κ1) is 11.3. The second-order valence-corrected chi connectivity index (χ2v) is 5.94. The summed E-state index contributed by atoms with van der Waals surface area (Å²) in [6.07, 6.45) is 3.79. The molecular formula is C14H16BrNO. The Morgan fingerprint density at radius 2 is 1.88 bits per heavy atom. The van der Waals surface area contributed by atoms with Crippen molar-refractivity contribution in [3.05, 3.63) is 28.2 Å². The zero-order chi connectivity index (χ0) is 12.0. The molecule has 0 N–H and O–H groups in total. The zero-order valence-electron chi connectivity index (χ0n) is 9.95. The Morgan fingerprint density at radius 3 is 2.53 bits per heavy atom. The third-order valence-electron chi connectivity index (χ3n) is 4.00. The number of rotatable bonds is 1. The maximum Gasteiger partial charge on any atom is 0.137 e. The van der Waals surface area contributed by atoms with E-state index in [4.69, 9.17) is 0 Å². The van der Waals surface area contributed by atoms with Gasteiger partial charge in [0.05, 0.1) is 5.69 Å². The summed E-state index contributed by atoms with van der Waals surface area (Å²) in [7, 11) is 0. The van der Waals surface area contributed by atoms with Gasteiger partial charge in [0.15, 0.2) is 0 Å². The molecule has 3 heteroatoms. The highest BCUT2D eigenvalue weighted by Crippen LogP contribution is 2.41. The smallest absolute Gasteiger partial charge is 0.137 e. The van der Waals surface area contributed by atoms with Crippen LogP contribution in [0.1, 0.15) is 31.2 Å². The number of anilines is 1. The second kappa shape index (κ2) is 4.13. The van der Waals surface area contributed by atoms with Crippen LogP contribution in [-0.4, -0.2) is 17.9 Å². The van der Waals surface area contributed by atoms with Gasteiger partial charge >= 0.3 is 0 Å². The number of halogens is 1. The Kier molecular flexibility index (Phi) is 2.74. The van der Waals surface area contributed by atoms with Crippen LogP contribution in [0.4, 0.5) is 5.69 Å². The molecule has 0 amide bonds.